The Hall–Kier alpha value is -3.08. The van der Waals surface area contributed by atoms with Crippen molar-refractivity contribution >= 4 is 17.9 Å². The van der Waals surface area contributed by atoms with E-state index in [0.717, 1.165) is 35.3 Å². The number of hydrogen-bond donors (Lipinski definition) is 3. The van der Waals surface area contributed by atoms with Crippen LogP contribution in [0.2, 0.25) is 0 Å². The lowest BCUT2D eigenvalue weighted by molar-refractivity contribution is -0.136. The Balaban J connectivity index is 1.69. The maximum Gasteiger partial charge on any atom is 0.307 e. The summed E-state index contributed by atoms with van der Waals surface area (Å²) in [5, 5.41) is 16.3. The van der Waals surface area contributed by atoms with Gasteiger partial charge in [-0.2, -0.15) is 0 Å². The van der Waals surface area contributed by atoms with Gasteiger partial charge in [0.1, 0.15) is 18.2 Å². The molecule has 4 N–H and O–H groups in total. The van der Waals surface area contributed by atoms with E-state index in [-0.39, 0.29) is 12.3 Å². The van der Waals surface area contributed by atoms with Crippen molar-refractivity contribution in [1.82, 2.24) is 0 Å². The molecule has 0 saturated carbocycles. The van der Waals surface area contributed by atoms with Crippen molar-refractivity contribution in [2.24, 2.45) is 5.73 Å². The predicted octanol–water partition coefficient (Wildman–Crippen LogP) is 3.35. The number of carboxylic acids is 1. The number of rotatable bonds is 6. The van der Waals surface area contributed by atoms with Crippen molar-refractivity contribution in [3.8, 4) is 5.75 Å². The number of carboxylic acid groups (broad SMARTS) is 1. The summed E-state index contributed by atoms with van der Waals surface area (Å²) in [7, 11) is 0. The number of hydrogen-bond acceptors (Lipinski definition) is 3. The predicted molar refractivity (Wildman–Crippen MR) is 96.8 cm³/mol. The molecule has 0 saturated heterocycles. The number of aliphatic carboxylic acids is 1. The minimum atomic E-state index is -0.795. The van der Waals surface area contributed by atoms with Crippen molar-refractivity contribution in [3.05, 3.63) is 70.3 Å². The van der Waals surface area contributed by atoms with E-state index in [4.69, 9.17) is 21.0 Å². The molecule has 128 valence electrons. The maximum atomic E-state index is 10.9. The average molecular weight is 336 g/mol. The van der Waals surface area contributed by atoms with Gasteiger partial charge in [0.2, 0.25) is 0 Å². The molecular formula is C20H20N2O3. The number of carbonyl (C=O) groups is 1. The summed E-state index contributed by atoms with van der Waals surface area (Å²) < 4.78 is 5.84. The van der Waals surface area contributed by atoms with E-state index >= 15 is 0 Å². The molecule has 0 unspecified atom stereocenters. The minimum absolute atomic E-state index is 0.0473. The lowest BCUT2D eigenvalue weighted by atomic mass is 9.91. The van der Waals surface area contributed by atoms with Gasteiger partial charge in [-0.25, -0.2) is 0 Å². The van der Waals surface area contributed by atoms with Crippen LogP contribution in [0.3, 0.4) is 0 Å². The van der Waals surface area contributed by atoms with Crippen LogP contribution in [0, 0.1) is 5.41 Å². The average Bonchev–Trinajstić information content (AvgIpc) is 2.59. The van der Waals surface area contributed by atoms with Gasteiger partial charge >= 0.3 is 5.97 Å². The normalized spacial score (nSPS) is 12.9. The van der Waals surface area contributed by atoms with Crippen LogP contribution in [0.15, 0.2) is 48.0 Å². The van der Waals surface area contributed by atoms with E-state index in [1.807, 2.05) is 36.4 Å². The molecule has 0 amide bonds. The van der Waals surface area contributed by atoms with Gasteiger partial charge in [-0.15, -0.1) is 0 Å². The largest absolute Gasteiger partial charge is 0.489 e. The van der Waals surface area contributed by atoms with Gasteiger partial charge in [0.25, 0.3) is 0 Å². The Morgan fingerprint density at radius 3 is 2.60 bits per heavy atom. The van der Waals surface area contributed by atoms with Crippen molar-refractivity contribution in [3.63, 3.8) is 0 Å². The number of fused-ring (bicyclic) bond motifs is 1. The molecule has 0 heterocycles. The molecule has 5 nitrogen and oxygen atoms in total. The van der Waals surface area contributed by atoms with Crippen LogP contribution in [0.25, 0.3) is 6.08 Å². The maximum absolute atomic E-state index is 10.9. The molecular weight excluding hydrogens is 316 g/mol. The number of ether oxygens (including phenoxy) is 1. The standard InChI is InChI=1S/C20H20N2O3/c21-20(22)16-5-1-13(2-6-16)12-25-18-8-7-15-4-3-14(10-19(23)24)9-17(15)11-18/h1-2,5-9,11H,3-4,10,12H2,(H3,21,22)(H,23,24). The lowest BCUT2D eigenvalue weighted by Gasteiger charge is -2.17. The Bertz CT molecular complexity index is 839. The van der Waals surface area contributed by atoms with E-state index in [9.17, 15) is 4.79 Å². The topological polar surface area (TPSA) is 96.4 Å². The summed E-state index contributed by atoms with van der Waals surface area (Å²) >= 11 is 0. The first-order valence-corrected chi connectivity index (χ1v) is 8.11. The highest BCUT2D eigenvalue weighted by Gasteiger charge is 2.13. The fraction of sp³-hybridized carbons (Fsp3) is 0.200. The minimum Gasteiger partial charge on any atom is -0.489 e. The Kier molecular flexibility index (Phi) is 4.84. The fourth-order valence-corrected chi connectivity index (χ4v) is 2.89. The second kappa shape index (κ2) is 7.21. The number of aryl methyl sites for hydroxylation is 1. The number of amidine groups is 1. The van der Waals surface area contributed by atoms with Crippen LogP contribution in [0.4, 0.5) is 0 Å². The summed E-state index contributed by atoms with van der Waals surface area (Å²) in [4.78, 5) is 10.9. The zero-order chi connectivity index (χ0) is 17.8. The van der Waals surface area contributed by atoms with Crippen molar-refractivity contribution in [1.29, 1.82) is 5.41 Å². The smallest absolute Gasteiger partial charge is 0.307 e. The molecule has 0 spiro atoms. The second-order valence-corrected chi connectivity index (χ2v) is 6.13. The Morgan fingerprint density at radius 2 is 1.92 bits per heavy atom. The molecule has 0 aliphatic heterocycles. The highest BCUT2D eigenvalue weighted by Crippen LogP contribution is 2.29. The molecule has 0 fully saturated rings. The number of nitrogens with one attached hydrogen (secondary N) is 1. The van der Waals surface area contributed by atoms with E-state index in [1.165, 1.54) is 5.56 Å². The first-order chi connectivity index (χ1) is 12.0. The summed E-state index contributed by atoms with van der Waals surface area (Å²) in [5.41, 5.74) is 10.3. The monoisotopic (exact) mass is 336 g/mol. The van der Waals surface area contributed by atoms with Crippen LogP contribution in [-0.4, -0.2) is 16.9 Å². The second-order valence-electron chi connectivity index (χ2n) is 6.13. The Morgan fingerprint density at radius 1 is 1.16 bits per heavy atom. The quantitative estimate of drug-likeness (QED) is 0.557. The zero-order valence-corrected chi connectivity index (χ0v) is 13.8. The fourth-order valence-electron chi connectivity index (χ4n) is 2.89. The van der Waals surface area contributed by atoms with Crippen LogP contribution in [0.1, 0.15) is 35.1 Å². The molecule has 2 aromatic rings. The van der Waals surface area contributed by atoms with E-state index in [0.29, 0.717) is 12.2 Å². The van der Waals surface area contributed by atoms with Crippen molar-refractivity contribution in [2.75, 3.05) is 0 Å². The number of nitrogens with two attached hydrogens (primary N) is 1. The molecule has 5 heteroatoms. The molecule has 25 heavy (non-hydrogen) atoms. The summed E-state index contributed by atoms with van der Waals surface area (Å²) in [6.45, 7) is 0.419. The van der Waals surface area contributed by atoms with E-state index in [1.54, 1.807) is 12.1 Å². The molecule has 2 aromatic carbocycles. The molecule has 1 aliphatic rings. The van der Waals surface area contributed by atoms with Gasteiger partial charge in [-0.05, 0) is 41.7 Å². The molecule has 3 rings (SSSR count). The molecule has 0 atom stereocenters. The number of benzene rings is 2. The first kappa shape index (κ1) is 16.8. The van der Waals surface area contributed by atoms with Gasteiger partial charge in [0.05, 0.1) is 6.42 Å². The lowest BCUT2D eigenvalue weighted by Crippen LogP contribution is -2.10. The summed E-state index contributed by atoms with van der Waals surface area (Å²) in [6.07, 6.45) is 3.71. The molecule has 0 bridgehead atoms. The number of nitrogen functional groups attached to an aromatic ring is 1. The highest BCUT2D eigenvalue weighted by atomic mass is 16.5. The van der Waals surface area contributed by atoms with Gasteiger partial charge in [-0.3, -0.25) is 10.2 Å². The van der Waals surface area contributed by atoms with Gasteiger partial charge in [0.15, 0.2) is 0 Å². The van der Waals surface area contributed by atoms with E-state index in [2.05, 4.69) is 0 Å². The van der Waals surface area contributed by atoms with Crippen LogP contribution < -0.4 is 10.5 Å². The highest BCUT2D eigenvalue weighted by molar-refractivity contribution is 5.94. The van der Waals surface area contributed by atoms with Crippen molar-refractivity contribution < 1.29 is 14.6 Å². The van der Waals surface area contributed by atoms with Gasteiger partial charge in [-0.1, -0.05) is 42.0 Å². The Labute approximate surface area is 146 Å². The third kappa shape index (κ3) is 4.26. The molecule has 0 aromatic heterocycles. The molecule has 0 radical (unpaired) electrons. The van der Waals surface area contributed by atoms with Crippen LogP contribution >= 0.6 is 0 Å². The third-order valence-corrected chi connectivity index (χ3v) is 4.24. The third-order valence-electron chi connectivity index (χ3n) is 4.24. The first-order valence-electron chi connectivity index (χ1n) is 8.11. The van der Waals surface area contributed by atoms with Gasteiger partial charge < -0.3 is 15.6 Å². The van der Waals surface area contributed by atoms with E-state index < -0.39 is 5.97 Å². The summed E-state index contributed by atoms with van der Waals surface area (Å²) in [6, 6.07) is 13.3. The zero-order valence-electron chi connectivity index (χ0n) is 13.8. The summed E-state index contributed by atoms with van der Waals surface area (Å²) in [5.74, 6) is 0.00411. The SMILES string of the molecule is N=C(N)c1ccc(COc2ccc3c(c2)C=C(CC(=O)O)CC3)cc1. The molecule has 1 aliphatic carbocycles. The van der Waals surface area contributed by atoms with Crippen LogP contribution in [-0.2, 0) is 17.8 Å². The van der Waals surface area contributed by atoms with Gasteiger partial charge in [0, 0.05) is 5.56 Å². The van der Waals surface area contributed by atoms with Crippen molar-refractivity contribution in [2.45, 2.75) is 25.9 Å². The van der Waals surface area contributed by atoms with Crippen LogP contribution in [0.5, 0.6) is 5.75 Å².